The van der Waals surface area contributed by atoms with Gasteiger partial charge in [0.15, 0.2) is 0 Å². The van der Waals surface area contributed by atoms with Gasteiger partial charge in [-0.3, -0.25) is 0 Å². The third kappa shape index (κ3) is 3.12. The molecule has 1 fully saturated rings. The minimum absolute atomic E-state index is 0.153. The standard InChI is InChI=1S/C19H22N8/c1-12-13(10-20)18(25-19(21)23-12)22-11-15-17(27-6-3-4-7-27)9-16-14(24-15)5-8-26(16)2/h5,8-9H,3-4,6-7,11H2,1-2H3,(H3,21,22,23,25). The summed E-state index contributed by atoms with van der Waals surface area (Å²) >= 11 is 0. The second kappa shape index (κ2) is 6.76. The molecule has 1 aliphatic heterocycles. The molecule has 4 rings (SSSR count). The molecule has 27 heavy (non-hydrogen) atoms. The van der Waals surface area contributed by atoms with Crippen LogP contribution in [-0.2, 0) is 13.6 Å². The van der Waals surface area contributed by atoms with Crippen molar-refractivity contribution in [2.24, 2.45) is 7.05 Å². The maximum absolute atomic E-state index is 9.42. The van der Waals surface area contributed by atoms with Crippen LogP contribution in [0.4, 0.5) is 17.5 Å². The van der Waals surface area contributed by atoms with Crippen molar-refractivity contribution < 1.29 is 0 Å². The minimum Gasteiger partial charge on any atom is -0.370 e. The SMILES string of the molecule is Cc1nc(N)nc(NCc2nc3ccn(C)c3cc2N2CCCC2)c1C#N. The molecule has 138 valence electrons. The maximum Gasteiger partial charge on any atom is 0.222 e. The van der Waals surface area contributed by atoms with Crippen LogP contribution in [0.5, 0.6) is 0 Å². The van der Waals surface area contributed by atoms with Gasteiger partial charge in [0.1, 0.15) is 17.5 Å². The summed E-state index contributed by atoms with van der Waals surface area (Å²) in [6, 6.07) is 6.37. The van der Waals surface area contributed by atoms with Crippen LogP contribution in [0.2, 0.25) is 0 Å². The molecule has 0 saturated carbocycles. The van der Waals surface area contributed by atoms with Gasteiger partial charge in [-0.2, -0.15) is 10.2 Å². The number of fused-ring (bicyclic) bond motifs is 1. The van der Waals surface area contributed by atoms with E-state index in [1.807, 2.05) is 19.3 Å². The Morgan fingerprint density at radius 2 is 2.04 bits per heavy atom. The number of nitrogen functional groups attached to an aromatic ring is 1. The Balaban J connectivity index is 1.71. The van der Waals surface area contributed by atoms with Gasteiger partial charge in [-0.15, -0.1) is 0 Å². The number of aromatic nitrogens is 4. The molecule has 0 unspecified atom stereocenters. The predicted octanol–water partition coefficient (Wildman–Crippen LogP) is 2.34. The van der Waals surface area contributed by atoms with Gasteiger partial charge >= 0.3 is 0 Å². The number of hydrogen-bond donors (Lipinski definition) is 2. The molecule has 0 aromatic carbocycles. The molecular formula is C19H22N8. The van der Waals surface area contributed by atoms with Gasteiger partial charge in [0.2, 0.25) is 5.95 Å². The van der Waals surface area contributed by atoms with Crippen LogP contribution in [0.25, 0.3) is 11.0 Å². The lowest BCUT2D eigenvalue weighted by Gasteiger charge is -2.21. The average molecular weight is 362 g/mol. The first-order valence-electron chi connectivity index (χ1n) is 9.05. The lowest BCUT2D eigenvalue weighted by Crippen LogP contribution is -2.21. The van der Waals surface area contributed by atoms with E-state index in [9.17, 15) is 5.26 Å². The van der Waals surface area contributed by atoms with Crippen LogP contribution in [0, 0.1) is 18.3 Å². The van der Waals surface area contributed by atoms with Crippen molar-refractivity contribution in [3.8, 4) is 6.07 Å². The van der Waals surface area contributed by atoms with Crippen molar-refractivity contribution in [1.82, 2.24) is 19.5 Å². The largest absolute Gasteiger partial charge is 0.370 e. The molecule has 0 spiro atoms. The molecule has 1 saturated heterocycles. The highest BCUT2D eigenvalue weighted by Gasteiger charge is 2.19. The third-order valence-electron chi connectivity index (χ3n) is 5.01. The fraction of sp³-hybridized carbons (Fsp3) is 0.368. The fourth-order valence-electron chi connectivity index (χ4n) is 3.60. The van der Waals surface area contributed by atoms with E-state index in [1.54, 1.807) is 6.92 Å². The minimum atomic E-state index is 0.153. The van der Waals surface area contributed by atoms with Gasteiger partial charge in [-0.05, 0) is 31.9 Å². The van der Waals surface area contributed by atoms with E-state index in [0.29, 0.717) is 23.6 Å². The Bertz CT molecular complexity index is 1040. The molecule has 0 radical (unpaired) electrons. The Labute approximate surface area is 157 Å². The summed E-state index contributed by atoms with van der Waals surface area (Å²) < 4.78 is 2.08. The molecule has 3 aromatic rings. The second-order valence-electron chi connectivity index (χ2n) is 6.84. The van der Waals surface area contributed by atoms with E-state index in [4.69, 9.17) is 10.7 Å². The zero-order chi connectivity index (χ0) is 19.0. The Morgan fingerprint density at radius 1 is 1.26 bits per heavy atom. The Hall–Kier alpha value is -3.34. The number of aryl methyl sites for hydroxylation is 2. The van der Waals surface area contributed by atoms with Crippen molar-refractivity contribution in [2.45, 2.75) is 26.3 Å². The van der Waals surface area contributed by atoms with Crippen LogP contribution < -0.4 is 16.0 Å². The number of nitrogens with zero attached hydrogens (tertiary/aromatic N) is 6. The van der Waals surface area contributed by atoms with E-state index in [-0.39, 0.29) is 5.95 Å². The number of nitriles is 1. The summed E-state index contributed by atoms with van der Waals surface area (Å²) in [7, 11) is 2.03. The smallest absolute Gasteiger partial charge is 0.222 e. The number of nitrogens with one attached hydrogen (secondary N) is 1. The Kier molecular flexibility index (Phi) is 4.28. The summed E-state index contributed by atoms with van der Waals surface area (Å²) in [4.78, 5) is 15.5. The molecule has 3 aromatic heterocycles. The Morgan fingerprint density at radius 3 is 2.78 bits per heavy atom. The van der Waals surface area contributed by atoms with E-state index < -0.39 is 0 Å². The average Bonchev–Trinajstić information content (AvgIpc) is 3.29. The number of nitrogens with two attached hydrogens (primary N) is 1. The fourth-order valence-corrected chi connectivity index (χ4v) is 3.60. The lowest BCUT2D eigenvalue weighted by molar-refractivity contribution is 0.922. The summed E-state index contributed by atoms with van der Waals surface area (Å²) in [5.74, 6) is 0.602. The van der Waals surface area contributed by atoms with E-state index >= 15 is 0 Å². The molecule has 8 nitrogen and oxygen atoms in total. The van der Waals surface area contributed by atoms with Crippen LogP contribution in [0.3, 0.4) is 0 Å². The second-order valence-corrected chi connectivity index (χ2v) is 6.84. The van der Waals surface area contributed by atoms with E-state index in [0.717, 1.165) is 35.5 Å². The van der Waals surface area contributed by atoms with Gasteiger partial charge in [0.05, 0.1) is 34.7 Å². The third-order valence-corrected chi connectivity index (χ3v) is 5.01. The van der Waals surface area contributed by atoms with Crippen LogP contribution >= 0.6 is 0 Å². The molecule has 0 aliphatic carbocycles. The topological polar surface area (TPSA) is 109 Å². The molecule has 0 bridgehead atoms. The molecular weight excluding hydrogens is 340 g/mol. The lowest BCUT2D eigenvalue weighted by atomic mass is 10.2. The van der Waals surface area contributed by atoms with Crippen LogP contribution in [-0.4, -0.2) is 32.6 Å². The molecule has 0 amide bonds. The summed E-state index contributed by atoms with van der Waals surface area (Å²) in [6.07, 6.45) is 4.40. The maximum atomic E-state index is 9.42. The van der Waals surface area contributed by atoms with Gasteiger partial charge in [-0.1, -0.05) is 0 Å². The molecule has 1 aliphatic rings. The quantitative estimate of drug-likeness (QED) is 0.733. The summed E-state index contributed by atoms with van der Waals surface area (Å²) in [5, 5.41) is 12.7. The van der Waals surface area contributed by atoms with E-state index in [1.165, 1.54) is 12.8 Å². The zero-order valence-corrected chi connectivity index (χ0v) is 15.5. The number of hydrogen-bond acceptors (Lipinski definition) is 7. The molecule has 4 heterocycles. The van der Waals surface area contributed by atoms with Crippen LogP contribution in [0.1, 0.15) is 29.8 Å². The number of anilines is 3. The first kappa shape index (κ1) is 17.1. The van der Waals surface area contributed by atoms with Crippen molar-refractivity contribution >= 4 is 28.5 Å². The highest BCUT2D eigenvalue weighted by Crippen LogP contribution is 2.29. The first-order valence-corrected chi connectivity index (χ1v) is 9.05. The monoisotopic (exact) mass is 362 g/mol. The highest BCUT2D eigenvalue weighted by atomic mass is 15.2. The molecule has 0 atom stereocenters. The summed E-state index contributed by atoms with van der Waals surface area (Å²) in [6.45, 7) is 4.29. The number of pyridine rings is 1. The summed E-state index contributed by atoms with van der Waals surface area (Å²) in [5.41, 5.74) is 10.9. The molecule has 8 heteroatoms. The van der Waals surface area contributed by atoms with Crippen LogP contribution in [0.15, 0.2) is 18.3 Å². The highest BCUT2D eigenvalue weighted by molar-refractivity contribution is 5.81. The predicted molar refractivity (Wildman–Crippen MR) is 105 cm³/mol. The van der Waals surface area contributed by atoms with Gasteiger partial charge in [-0.25, -0.2) is 9.97 Å². The zero-order valence-electron chi connectivity index (χ0n) is 15.5. The molecule has 3 N–H and O–H groups in total. The van der Waals surface area contributed by atoms with Crippen molar-refractivity contribution in [3.05, 3.63) is 35.3 Å². The van der Waals surface area contributed by atoms with Gasteiger partial charge in [0.25, 0.3) is 0 Å². The number of rotatable bonds is 4. The van der Waals surface area contributed by atoms with Gasteiger partial charge in [0, 0.05) is 26.3 Å². The normalized spacial score (nSPS) is 13.9. The van der Waals surface area contributed by atoms with Crippen molar-refractivity contribution in [1.29, 1.82) is 5.26 Å². The van der Waals surface area contributed by atoms with Crippen molar-refractivity contribution in [2.75, 3.05) is 29.0 Å². The first-order chi connectivity index (χ1) is 13.1. The van der Waals surface area contributed by atoms with Gasteiger partial charge < -0.3 is 20.5 Å². The van der Waals surface area contributed by atoms with Crippen molar-refractivity contribution in [3.63, 3.8) is 0 Å². The van der Waals surface area contributed by atoms with E-state index in [2.05, 4.69) is 36.9 Å².